The molecule has 1 aromatic heterocycles. The molecule has 0 saturated heterocycles. The van der Waals surface area contributed by atoms with Crippen LogP contribution in [0.2, 0.25) is 0 Å². The number of nitrogens with zero attached hydrogens (tertiary/aromatic N) is 3. The van der Waals surface area contributed by atoms with E-state index in [1.54, 1.807) is 14.2 Å². The van der Waals surface area contributed by atoms with Gasteiger partial charge in [0.2, 0.25) is 5.91 Å². The van der Waals surface area contributed by atoms with Crippen molar-refractivity contribution in [1.29, 1.82) is 0 Å². The summed E-state index contributed by atoms with van der Waals surface area (Å²) in [4.78, 5) is 37.5. The quantitative estimate of drug-likeness (QED) is 0.339. The van der Waals surface area contributed by atoms with E-state index in [1.807, 2.05) is 23.1 Å². The SMILES string of the molecule is COc1ccc(OC)c(CN(C(=O)CCCn2c(=O)oc3cc([N+](=O)[O-])ccc32)C2CC2)c1. The third-order valence-corrected chi connectivity index (χ3v) is 5.77. The van der Waals surface area contributed by atoms with Crippen LogP contribution in [-0.4, -0.2) is 40.6 Å². The molecule has 0 atom stereocenters. The highest BCUT2D eigenvalue weighted by Crippen LogP contribution is 2.32. The fourth-order valence-electron chi connectivity index (χ4n) is 3.91. The first kappa shape index (κ1) is 22.4. The van der Waals surface area contributed by atoms with Gasteiger partial charge in [-0.1, -0.05) is 0 Å². The van der Waals surface area contributed by atoms with E-state index in [9.17, 15) is 19.7 Å². The molecule has 0 aliphatic heterocycles. The number of aryl methyl sites for hydroxylation is 1. The molecule has 1 aliphatic carbocycles. The Morgan fingerprint density at radius 1 is 1.21 bits per heavy atom. The Balaban J connectivity index is 1.44. The number of ether oxygens (including phenoxy) is 2. The van der Waals surface area contributed by atoms with Crippen molar-refractivity contribution in [3.8, 4) is 11.5 Å². The van der Waals surface area contributed by atoms with Gasteiger partial charge in [-0.2, -0.15) is 0 Å². The number of carbonyl (C=O) groups is 1. The zero-order valence-electron chi connectivity index (χ0n) is 18.5. The average Bonchev–Trinajstić information content (AvgIpc) is 3.60. The molecule has 2 aromatic carbocycles. The summed E-state index contributed by atoms with van der Waals surface area (Å²) in [5.74, 6) is 0.789. The molecule has 174 valence electrons. The van der Waals surface area contributed by atoms with Gasteiger partial charge in [-0.3, -0.25) is 19.5 Å². The fraction of sp³-hybridized carbons (Fsp3) is 0.391. The zero-order chi connectivity index (χ0) is 23.5. The van der Waals surface area contributed by atoms with Crippen molar-refractivity contribution in [2.24, 2.45) is 0 Å². The van der Waals surface area contributed by atoms with Gasteiger partial charge >= 0.3 is 5.76 Å². The maximum Gasteiger partial charge on any atom is 0.419 e. The second kappa shape index (κ2) is 9.35. The monoisotopic (exact) mass is 455 g/mol. The Hall–Kier alpha value is -3.82. The highest BCUT2D eigenvalue weighted by molar-refractivity contribution is 5.77. The Bertz CT molecular complexity index is 1240. The first-order valence-corrected chi connectivity index (χ1v) is 10.7. The number of methoxy groups -OCH3 is 2. The van der Waals surface area contributed by atoms with Crippen molar-refractivity contribution >= 4 is 22.7 Å². The molecule has 1 fully saturated rings. The van der Waals surface area contributed by atoms with E-state index in [1.165, 1.54) is 22.8 Å². The van der Waals surface area contributed by atoms with Crippen LogP contribution in [0, 0.1) is 10.1 Å². The number of rotatable bonds is 10. The molecule has 10 nitrogen and oxygen atoms in total. The van der Waals surface area contributed by atoms with Crippen LogP contribution in [0.5, 0.6) is 11.5 Å². The van der Waals surface area contributed by atoms with Crippen LogP contribution >= 0.6 is 0 Å². The lowest BCUT2D eigenvalue weighted by molar-refractivity contribution is -0.384. The molecule has 4 rings (SSSR count). The van der Waals surface area contributed by atoms with Crippen LogP contribution in [0.3, 0.4) is 0 Å². The Morgan fingerprint density at radius 3 is 2.67 bits per heavy atom. The summed E-state index contributed by atoms with van der Waals surface area (Å²) in [7, 11) is 3.19. The first-order chi connectivity index (χ1) is 15.9. The normalized spacial score (nSPS) is 13.2. The Labute approximate surface area is 189 Å². The highest BCUT2D eigenvalue weighted by atomic mass is 16.6. The van der Waals surface area contributed by atoms with Gasteiger partial charge < -0.3 is 18.8 Å². The molecule has 10 heteroatoms. The van der Waals surface area contributed by atoms with E-state index in [0.717, 1.165) is 18.4 Å². The lowest BCUT2D eigenvalue weighted by Gasteiger charge is -2.24. The van der Waals surface area contributed by atoms with E-state index in [0.29, 0.717) is 30.0 Å². The molecule has 0 unspecified atom stereocenters. The molecule has 0 radical (unpaired) electrons. The van der Waals surface area contributed by atoms with Crippen molar-refractivity contribution in [2.45, 2.75) is 44.8 Å². The van der Waals surface area contributed by atoms with Gasteiger partial charge in [-0.15, -0.1) is 0 Å². The number of nitro benzene ring substituents is 1. The van der Waals surface area contributed by atoms with Crippen LogP contribution in [0.1, 0.15) is 31.2 Å². The van der Waals surface area contributed by atoms with Crippen LogP contribution in [0.4, 0.5) is 5.69 Å². The summed E-state index contributed by atoms with van der Waals surface area (Å²) in [6.45, 7) is 0.693. The van der Waals surface area contributed by atoms with E-state index >= 15 is 0 Å². The van der Waals surface area contributed by atoms with Gasteiger partial charge in [0.05, 0.1) is 30.7 Å². The average molecular weight is 455 g/mol. The largest absolute Gasteiger partial charge is 0.497 e. The summed E-state index contributed by atoms with van der Waals surface area (Å²) in [5.41, 5.74) is 1.35. The molecule has 1 amide bonds. The fourth-order valence-corrected chi connectivity index (χ4v) is 3.91. The molecular weight excluding hydrogens is 430 g/mol. The number of carbonyl (C=O) groups excluding carboxylic acids is 1. The number of hydrogen-bond donors (Lipinski definition) is 0. The van der Waals surface area contributed by atoms with Crippen molar-refractivity contribution in [3.05, 3.63) is 62.6 Å². The number of oxazole rings is 1. The second-order valence-electron chi connectivity index (χ2n) is 7.96. The molecule has 0 bridgehead atoms. The van der Waals surface area contributed by atoms with Crippen LogP contribution in [0.25, 0.3) is 11.1 Å². The standard InChI is InChI=1S/C23H25N3O7/c1-31-18-8-10-20(32-2)15(12-18)14-25(16-5-6-16)22(27)4-3-11-24-19-9-7-17(26(29)30)13-21(19)33-23(24)28/h7-10,12-13,16H,3-6,11,14H2,1-2H3. The summed E-state index contributed by atoms with van der Waals surface area (Å²) in [5, 5.41) is 10.9. The van der Waals surface area contributed by atoms with Crippen LogP contribution in [0.15, 0.2) is 45.6 Å². The van der Waals surface area contributed by atoms with Gasteiger partial charge in [0.1, 0.15) is 11.5 Å². The summed E-state index contributed by atoms with van der Waals surface area (Å²) in [6.07, 6.45) is 2.61. The first-order valence-electron chi connectivity index (χ1n) is 10.7. The van der Waals surface area contributed by atoms with E-state index in [-0.39, 0.29) is 36.2 Å². The van der Waals surface area contributed by atoms with E-state index in [4.69, 9.17) is 13.9 Å². The topological polar surface area (TPSA) is 117 Å². The summed E-state index contributed by atoms with van der Waals surface area (Å²) < 4.78 is 17.3. The smallest absolute Gasteiger partial charge is 0.419 e. The maximum absolute atomic E-state index is 13.0. The molecule has 0 N–H and O–H groups in total. The van der Waals surface area contributed by atoms with Gasteiger partial charge in [0.15, 0.2) is 5.58 Å². The van der Waals surface area contributed by atoms with Gasteiger partial charge in [-0.25, -0.2) is 4.79 Å². The predicted octanol–water partition coefficient (Wildman–Crippen LogP) is 3.49. The zero-order valence-corrected chi connectivity index (χ0v) is 18.5. The van der Waals surface area contributed by atoms with Crippen molar-refractivity contribution < 1.29 is 23.6 Å². The maximum atomic E-state index is 13.0. The highest BCUT2D eigenvalue weighted by Gasteiger charge is 2.33. The summed E-state index contributed by atoms with van der Waals surface area (Å²) in [6, 6.07) is 9.76. The third kappa shape index (κ3) is 4.84. The number of fused-ring (bicyclic) bond motifs is 1. The number of hydrogen-bond acceptors (Lipinski definition) is 7. The van der Waals surface area contributed by atoms with Crippen molar-refractivity contribution in [1.82, 2.24) is 9.47 Å². The van der Waals surface area contributed by atoms with E-state index < -0.39 is 10.7 Å². The summed E-state index contributed by atoms with van der Waals surface area (Å²) >= 11 is 0. The van der Waals surface area contributed by atoms with Gasteiger partial charge in [0.25, 0.3) is 5.69 Å². The molecule has 3 aromatic rings. The third-order valence-electron chi connectivity index (χ3n) is 5.77. The van der Waals surface area contributed by atoms with Crippen LogP contribution in [-0.2, 0) is 17.9 Å². The van der Waals surface area contributed by atoms with Crippen LogP contribution < -0.4 is 15.2 Å². The molecular formula is C23H25N3O7. The molecule has 0 spiro atoms. The number of benzene rings is 2. The minimum absolute atomic E-state index is 0.00106. The van der Waals surface area contributed by atoms with Gasteiger partial charge in [0, 0.05) is 37.2 Å². The number of amides is 1. The lowest BCUT2D eigenvalue weighted by atomic mass is 10.1. The molecule has 1 heterocycles. The van der Waals surface area contributed by atoms with Gasteiger partial charge in [-0.05, 0) is 43.5 Å². The number of non-ortho nitro benzene ring substituents is 1. The molecule has 33 heavy (non-hydrogen) atoms. The van der Waals surface area contributed by atoms with Crippen molar-refractivity contribution in [2.75, 3.05) is 14.2 Å². The molecule has 1 saturated carbocycles. The second-order valence-corrected chi connectivity index (χ2v) is 7.96. The minimum Gasteiger partial charge on any atom is -0.497 e. The number of aromatic nitrogens is 1. The predicted molar refractivity (Wildman–Crippen MR) is 119 cm³/mol. The lowest BCUT2D eigenvalue weighted by Crippen LogP contribution is -2.32. The Morgan fingerprint density at radius 2 is 2.00 bits per heavy atom. The number of nitro groups is 1. The molecule has 1 aliphatic rings. The van der Waals surface area contributed by atoms with E-state index in [2.05, 4.69) is 0 Å². The minimum atomic E-state index is -0.599. The Kier molecular flexibility index (Phi) is 6.34. The van der Waals surface area contributed by atoms with Crippen molar-refractivity contribution in [3.63, 3.8) is 0 Å².